The molecule has 0 saturated carbocycles. The molecule has 0 saturated heterocycles. The number of aromatic nitrogens is 2. The number of thiophene rings is 1. The van der Waals surface area contributed by atoms with Crippen LogP contribution in [0.25, 0.3) is 0 Å². The van der Waals surface area contributed by atoms with Crippen LogP contribution in [0.3, 0.4) is 0 Å². The van der Waals surface area contributed by atoms with Crippen molar-refractivity contribution in [3.63, 3.8) is 0 Å². The summed E-state index contributed by atoms with van der Waals surface area (Å²) in [4.78, 5) is 12.4. The number of nitrogens with zero attached hydrogens (tertiary/aromatic N) is 2. The van der Waals surface area contributed by atoms with E-state index in [1.54, 1.807) is 6.07 Å². The Morgan fingerprint density at radius 2 is 2.20 bits per heavy atom. The zero-order valence-corrected chi connectivity index (χ0v) is 13.5. The molecule has 2 aromatic heterocycles. The van der Waals surface area contributed by atoms with Crippen LogP contribution in [0.15, 0.2) is 6.07 Å². The molecular weight excluding hydrogens is 320 g/mol. The Hall–Kier alpha value is -1.18. The third-order valence-electron chi connectivity index (χ3n) is 2.51. The second kappa shape index (κ2) is 5.67. The number of halogens is 1. The van der Waals surface area contributed by atoms with Crippen molar-refractivity contribution < 1.29 is 14.6 Å². The fourth-order valence-corrected chi connectivity index (χ4v) is 3.03. The molecule has 20 heavy (non-hydrogen) atoms. The summed E-state index contributed by atoms with van der Waals surface area (Å²) in [5, 5.41) is 13.1. The maximum Gasteiger partial charge on any atom is 0.349 e. The number of rotatable bonds is 4. The molecular formula is C12H13ClN2O3S2. The van der Waals surface area contributed by atoms with Gasteiger partial charge in [-0.1, -0.05) is 36.9 Å². The Bertz CT molecular complexity index is 631. The van der Waals surface area contributed by atoms with E-state index in [1.807, 2.05) is 20.8 Å². The van der Waals surface area contributed by atoms with E-state index in [4.69, 9.17) is 16.3 Å². The highest BCUT2D eigenvalue weighted by Gasteiger charge is 2.24. The maximum atomic E-state index is 11.3. The quantitative estimate of drug-likeness (QED) is 0.921. The molecule has 8 heteroatoms. The molecule has 0 unspecified atom stereocenters. The average molecular weight is 333 g/mol. The number of ether oxygens (including phenoxy) is 1. The van der Waals surface area contributed by atoms with Crippen LogP contribution in [0.4, 0.5) is 0 Å². The Balaban J connectivity index is 2.24. The number of carboxylic acids is 1. The van der Waals surface area contributed by atoms with Gasteiger partial charge in [-0.05, 0) is 11.5 Å². The van der Waals surface area contributed by atoms with Crippen molar-refractivity contribution in [3.05, 3.63) is 25.9 Å². The monoisotopic (exact) mass is 332 g/mol. The summed E-state index contributed by atoms with van der Waals surface area (Å²) in [6, 6.07) is 1.77. The highest BCUT2D eigenvalue weighted by atomic mass is 35.5. The first-order valence-corrected chi connectivity index (χ1v) is 7.73. The van der Waals surface area contributed by atoms with Crippen LogP contribution in [-0.2, 0) is 12.0 Å². The van der Waals surface area contributed by atoms with Crippen LogP contribution in [0.5, 0.6) is 5.75 Å². The second-order valence-corrected chi connectivity index (χ2v) is 7.55. The lowest BCUT2D eigenvalue weighted by molar-refractivity contribution is 0.0697. The van der Waals surface area contributed by atoms with Gasteiger partial charge in [0.2, 0.25) is 0 Å². The van der Waals surface area contributed by atoms with Crippen LogP contribution in [-0.4, -0.2) is 20.7 Å². The molecule has 0 amide bonds. The molecule has 5 nitrogen and oxygen atoms in total. The van der Waals surface area contributed by atoms with E-state index < -0.39 is 5.97 Å². The molecule has 0 aliphatic carbocycles. The minimum atomic E-state index is -0.997. The molecule has 108 valence electrons. The van der Waals surface area contributed by atoms with Gasteiger partial charge >= 0.3 is 5.97 Å². The lowest BCUT2D eigenvalue weighted by atomic mass is 9.95. The normalized spacial score (nSPS) is 11.6. The topological polar surface area (TPSA) is 72.3 Å². The Morgan fingerprint density at radius 3 is 2.70 bits per heavy atom. The molecule has 2 aromatic rings. The fourth-order valence-electron chi connectivity index (χ4n) is 1.43. The Labute approximate surface area is 129 Å². The summed E-state index contributed by atoms with van der Waals surface area (Å²) in [7, 11) is 0. The number of hydrogen-bond donors (Lipinski definition) is 1. The molecule has 0 aromatic carbocycles. The summed E-state index contributed by atoms with van der Waals surface area (Å²) in [5.41, 5.74) is 0.382. The van der Waals surface area contributed by atoms with Crippen LogP contribution < -0.4 is 4.74 Å². The fraction of sp³-hybridized carbons (Fsp3) is 0.417. The van der Waals surface area contributed by atoms with E-state index in [2.05, 4.69) is 9.59 Å². The first kappa shape index (κ1) is 15.2. The van der Waals surface area contributed by atoms with Gasteiger partial charge in [-0.25, -0.2) is 4.79 Å². The van der Waals surface area contributed by atoms with Gasteiger partial charge in [0.15, 0.2) is 4.88 Å². The number of aromatic carboxylic acids is 1. The van der Waals surface area contributed by atoms with E-state index in [0.29, 0.717) is 15.8 Å². The van der Waals surface area contributed by atoms with Gasteiger partial charge in [-0.15, -0.1) is 16.4 Å². The Morgan fingerprint density at radius 1 is 1.50 bits per heavy atom. The highest BCUT2D eigenvalue weighted by Crippen LogP contribution is 2.37. The van der Waals surface area contributed by atoms with Gasteiger partial charge < -0.3 is 9.84 Å². The van der Waals surface area contributed by atoms with Gasteiger partial charge in [0, 0.05) is 16.4 Å². The Kier molecular flexibility index (Phi) is 4.31. The maximum absolute atomic E-state index is 11.3. The van der Waals surface area contributed by atoms with Crippen molar-refractivity contribution in [1.82, 2.24) is 9.59 Å². The van der Waals surface area contributed by atoms with Gasteiger partial charge in [0.05, 0.1) is 0 Å². The van der Waals surface area contributed by atoms with Crippen molar-refractivity contribution >= 4 is 40.4 Å². The molecule has 0 spiro atoms. The lowest BCUT2D eigenvalue weighted by Crippen LogP contribution is -2.08. The minimum absolute atomic E-state index is 0.107. The van der Waals surface area contributed by atoms with Gasteiger partial charge in [-0.2, -0.15) is 0 Å². The van der Waals surface area contributed by atoms with E-state index in [-0.39, 0.29) is 16.9 Å². The molecule has 2 heterocycles. The standard InChI is InChI=1S/C12H13ClN2O3S2/c1-12(2,3)8-4-7(9(19-8)11(16)17)18-5-6-10(13)20-15-14-6/h4H,5H2,1-3H3,(H,16,17). The molecule has 1 N–H and O–H groups in total. The molecule has 0 fully saturated rings. The summed E-state index contributed by atoms with van der Waals surface area (Å²) in [6.07, 6.45) is 0. The third-order valence-corrected chi connectivity index (χ3v) is 5.02. The summed E-state index contributed by atoms with van der Waals surface area (Å²) < 4.78 is 9.70. The van der Waals surface area contributed by atoms with E-state index >= 15 is 0 Å². The molecule has 0 aliphatic rings. The molecule has 2 rings (SSSR count). The number of carboxylic acid groups (broad SMARTS) is 1. The van der Waals surface area contributed by atoms with Crippen molar-refractivity contribution in [1.29, 1.82) is 0 Å². The van der Waals surface area contributed by atoms with Crippen LogP contribution in [0.1, 0.15) is 41.0 Å². The molecule has 0 radical (unpaired) electrons. The second-order valence-electron chi connectivity index (χ2n) is 5.14. The van der Waals surface area contributed by atoms with Gasteiger partial charge in [0.1, 0.15) is 22.4 Å². The average Bonchev–Trinajstić information content (AvgIpc) is 2.91. The zero-order valence-electron chi connectivity index (χ0n) is 11.1. The predicted octanol–water partition coefficient (Wildman–Crippen LogP) is 3.83. The van der Waals surface area contributed by atoms with Crippen molar-refractivity contribution in [2.45, 2.75) is 32.8 Å². The van der Waals surface area contributed by atoms with E-state index in [1.165, 1.54) is 11.3 Å². The van der Waals surface area contributed by atoms with Crippen molar-refractivity contribution in [3.8, 4) is 5.75 Å². The summed E-state index contributed by atoms with van der Waals surface area (Å²) in [5.74, 6) is -0.653. The van der Waals surface area contributed by atoms with Crippen molar-refractivity contribution in [2.24, 2.45) is 0 Å². The predicted molar refractivity (Wildman–Crippen MR) is 79.2 cm³/mol. The van der Waals surface area contributed by atoms with Crippen molar-refractivity contribution in [2.75, 3.05) is 0 Å². The van der Waals surface area contributed by atoms with E-state index in [0.717, 1.165) is 16.4 Å². The lowest BCUT2D eigenvalue weighted by Gasteiger charge is -2.14. The molecule has 0 bridgehead atoms. The molecule has 0 atom stereocenters. The summed E-state index contributed by atoms with van der Waals surface area (Å²) >= 11 is 8.18. The van der Waals surface area contributed by atoms with Gasteiger partial charge in [-0.3, -0.25) is 0 Å². The third kappa shape index (κ3) is 3.28. The zero-order chi connectivity index (χ0) is 14.9. The molecule has 0 aliphatic heterocycles. The summed E-state index contributed by atoms with van der Waals surface area (Å²) in [6.45, 7) is 6.18. The van der Waals surface area contributed by atoms with Crippen LogP contribution >= 0.6 is 34.5 Å². The first-order valence-electron chi connectivity index (χ1n) is 5.76. The smallest absolute Gasteiger partial charge is 0.349 e. The van der Waals surface area contributed by atoms with Crippen LogP contribution in [0.2, 0.25) is 4.34 Å². The SMILES string of the molecule is CC(C)(C)c1cc(OCc2nnsc2Cl)c(C(=O)O)s1. The van der Waals surface area contributed by atoms with Gasteiger partial charge in [0.25, 0.3) is 0 Å². The number of hydrogen-bond acceptors (Lipinski definition) is 6. The number of carbonyl (C=O) groups is 1. The van der Waals surface area contributed by atoms with E-state index in [9.17, 15) is 9.90 Å². The highest BCUT2D eigenvalue weighted by molar-refractivity contribution is 7.14. The van der Waals surface area contributed by atoms with Crippen LogP contribution in [0, 0.1) is 0 Å². The largest absolute Gasteiger partial charge is 0.485 e. The minimum Gasteiger partial charge on any atom is -0.485 e. The first-order chi connectivity index (χ1) is 9.29.